The highest BCUT2D eigenvalue weighted by atomic mass is 32.2. The Bertz CT molecular complexity index is 696. The zero-order valence-corrected chi connectivity index (χ0v) is 12.9. The quantitative estimate of drug-likeness (QED) is 0.818. The Hall–Kier alpha value is -1.67. The summed E-state index contributed by atoms with van der Waals surface area (Å²) in [5.41, 5.74) is 0.0265. The normalized spacial score (nSPS) is 20.2. The fraction of sp³-hybridized carbons (Fsp3) is 0.538. The van der Waals surface area contributed by atoms with E-state index in [-0.39, 0.29) is 29.6 Å². The van der Waals surface area contributed by atoms with Gasteiger partial charge in [0.2, 0.25) is 10.0 Å². The lowest BCUT2D eigenvalue weighted by molar-refractivity contribution is 0.0921. The van der Waals surface area contributed by atoms with Crippen LogP contribution in [-0.2, 0) is 17.1 Å². The number of piperidine rings is 1. The van der Waals surface area contributed by atoms with Gasteiger partial charge >= 0.3 is 0 Å². The second-order valence-electron chi connectivity index (χ2n) is 5.30. The number of pyridine rings is 1. The van der Waals surface area contributed by atoms with E-state index in [1.54, 1.807) is 13.1 Å². The van der Waals surface area contributed by atoms with Crippen LogP contribution < -0.4 is 10.9 Å². The predicted molar refractivity (Wildman–Crippen MR) is 78.6 cm³/mol. The molecule has 1 aromatic heterocycles. The van der Waals surface area contributed by atoms with Crippen molar-refractivity contribution < 1.29 is 13.2 Å². The standard InChI is InChI=1S/C13H19N3O4S/c1-15-7-5-10(8-12(15)17)13(18)14-11-4-3-6-16(9-11)21(2,19)20/h5,7-8,11H,3-4,6,9H2,1-2H3,(H,14,18)/t11-/m0/s1. The van der Waals surface area contributed by atoms with Crippen LogP contribution in [0.2, 0.25) is 0 Å². The zero-order chi connectivity index (χ0) is 15.6. The van der Waals surface area contributed by atoms with Gasteiger partial charge in [0.1, 0.15) is 0 Å². The SMILES string of the molecule is Cn1ccc(C(=O)N[C@H]2CCCN(S(C)(=O)=O)C2)cc1=O. The molecular weight excluding hydrogens is 294 g/mol. The number of hydrogen-bond acceptors (Lipinski definition) is 4. The number of aromatic nitrogens is 1. The van der Waals surface area contributed by atoms with E-state index in [9.17, 15) is 18.0 Å². The third-order valence-corrected chi connectivity index (χ3v) is 4.82. The number of carbonyl (C=O) groups is 1. The highest BCUT2D eigenvalue weighted by Gasteiger charge is 2.27. The lowest BCUT2D eigenvalue weighted by Gasteiger charge is -2.31. The molecule has 116 valence electrons. The minimum atomic E-state index is -3.24. The highest BCUT2D eigenvalue weighted by Crippen LogP contribution is 2.13. The molecule has 7 nitrogen and oxygen atoms in total. The van der Waals surface area contributed by atoms with Crippen molar-refractivity contribution in [1.29, 1.82) is 0 Å². The van der Waals surface area contributed by atoms with E-state index in [2.05, 4.69) is 5.32 Å². The van der Waals surface area contributed by atoms with Gasteiger partial charge in [0.05, 0.1) is 6.26 Å². The first kappa shape index (κ1) is 15.7. The molecule has 1 saturated heterocycles. The van der Waals surface area contributed by atoms with Crippen molar-refractivity contribution >= 4 is 15.9 Å². The van der Waals surface area contributed by atoms with Crippen molar-refractivity contribution in [2.75, 3.05) is 19.3 Å². The average Bonchev–Trinajstić information content (AvgIpc) is 2.41. The zero-order valence-electron chi connectivity index (χ0n) is 12.1. The molecule has 0 unspecified atom stereocenters. The molecule has 1 amide bonds. The summed E-state index contributed by atoms with van der Waals surface area (Å²) < 4.78 is 25.8. The monoisotopic (exact) mass is 313 g/mol. The molecule has 0 bridgehead atoms. The minimum absolute atomic E-state index is 0.231. The first-order valence-electron chi connectivity index (χ1n) is 6.70. The lowest BCUT2D eigenvalue weighted by atomic mass is 10.1. The van der Waals surface area contributed by atoms with E-state index in [1.807, 2.05) is 0 Å². The van der Waals surface area contributed by atoms with Crippen LogP contribution in [0.5, 0.6) is 0 Å². The van der Waals surface area contributed by atoms with Gasteiger partial charge in [-0.05, 0) is 18.9 Å². The summed E-state index contributed by atoms with van der Waals surface area (Å²) in [5.74, 6) is -0.354. The van der Waals surface area contributed by atoms with Crippen LogP contribution >= 0.6 is 0 Å². The van der Waals surface area contributed by atoms with Crippen molar-refractivity contribution in [3.05, 3.63) is 34.2 Å². The van der Waals surface area contributed by atoms with Gasteiger partial charge < -0.3 is 9.88 Å². The van der Waals surface area contributed by atoms with Crippen LogP contribution in [0, 0.1) is 0 Å². The number of sulfonamides is 1. The summed E-state index contributed by atoms with van der Waals surface area (Å²) in [6.07, 6.45) is 4.12. The summed E-state index contributed by atoms with van der Waals surface area (Å²) in [4.78, 5) is 23.6. The van der Waals surface area contributed by atoms with Crippen molar-refractivity contribution in [2.24, 2.45) is 7.05 Å². The molecule has 1 aromatic rings. The smallest absolute Gasteiger partial charge is 0.251 e. The fourth-order valence-corrected chi connectivity index (χ4v) is 3.23. The number of nitrogens with zero attached hydrogens (tertiary/aromatic N) is 2. The van der Waals surface area contributed by atoms with Crippen molar-refractivity contribution in [3.8, 4) is 0 Å². The molecule has 0 radical (unpaired) electrons. The maximum Gasteiger partial charge on any atom is 0.251 e. The van der Waals surface area contributed by atoms with Crippen LogP contribution in [0.4, 0.5) is 0 Å². The van der Waals surface area contributed by atoms with Gasteiger partial charge in [0, 0.05) is 44.0 Å². The van der Waals surface area contributed by atoms with Crippen molar-refractivity contribution in [2.45, 2.75) is 18.9 Å². The van der Waals surface area contributed by atoms with Crippen molar-refractivity contribution in [1.82, 2.24) is 14.2 Å². The Morgan fingerprint density at radius 1 is 1.43 bits per heavy atom. The van der Waals surface area contributed by atoms with E-state index >= 15 is 0 Å². The number of nitrogens with one attached hydrogen (secondary N) is 1. The number of amides is 1. The average molecular weight is 313 g/mol. The number of rotatable bonds is 3. The molecule has 0 spiro atoms. The summed E-state index contributed by atoms with van der Waals surface area (Å²) in [6.45, 7) is 0.756. The fourth-order valence-electron chi connectivity index (χ4n) is 2.32. The van der Waals surface area contributed by atoms with Gasteiger partial charge in [-0.25, -0.2) is 12.7 Å². The number of aryl methyl sites for hydroxylation is 1. The third kappa shape index (κ3) is 3.92. The Morgan fingerprint density at radius 3 is 2.76 bits per heavy atom. The summed E-state index contributed by atoms with van der Waals surface area (Å²) >= 11 is 0. The molecule has 21 heavy (non-hydrogen) atoms. The molecule has 2 heterocycles. The van der Waals surface area contributed by atoms with Crippen LogP contribution in [-0.4, -0.2) is 48.6 Å². The van der Waals surface area contributed by atoms with Crippen LogP contribution in [0.15, 0.2) is 23.1 Å². The Kier molecular flexibility index (Phi) is 4.48. The summed E-state index contributed by atoms with van der Waals surface area (Å²) in [7, 11) is -1.64. The van der Waals surface area contributed by atoms with Crippen molar-refractivity contribution in [3.63, 3.8) is 0 Å². The maximum absolute atomic E-state index is 12.1. The predicted octanol–water partition coefficient (Wildman–Crippen LogP) is -0.461. The van der Waals surface area contributed by atoms with Gasteiger partial charge in [-0.3, -0.25) is 9.59 Å². The molecule has 2 rings (SSSR count). The van der Waals surface area contributed by atoms with Gasteiger partial charge in [-0.15, -0.1) is 0 Å². The van der Waals surface area contributed by atoms with E-state index in [0.29, 0.717) is 13.0 Å². The number of carbonyl (C=O) groups excluding carboxylic acids is 1. The van der Waals surface area contributed by atoms with E-state index < -0.39 is 10.0 Å². The molecule has 1 atom stereocenters. The van der Waals surface area contributed by atoms with Gasteiger partial charge in [0.15, 0.2) is 0 Å². The Balaban J connectivity index is 2.05. The molecule has 0 aromatic carbocycles. The Labute approximate surface area is 123 Å². The molecule has 1 aliphatic rings. The van der Waals surface area contributed by atoms with Gasteiger partial charge in [0.25, 0.3) is 11.5 Å². The first-order chi connectivity index (χ1) is 9.77. The molecule has 1 fully saturated rings. The maximum atomic E-state index is 12.1. The molecule has 8 heteroatoms. The van der Waals surface area contributed by atoms with Gasteiger partial charge in [-0.2, -0.15) is 0 Å². The third-order valence-electron chi connectivity index (χ3n) is 3.55. The topological polar surface area (TPSA) is 88.5 Å². The lowest BCUT2D eigenvalue weighted by Crippen LogP contribution is -2.49. The second-order valence-corrected chi connectivity index (χ2v) is 7.28. The van der Waals surface area contributed by atoms with E-state index in [1.165, 1.54) is 21.1 Å². The largest absolute Gasteiger partial charge is 0.348 e. The summed E-state index contributed by atoms with van der Waals surface area (Å²) in [6, 6.07) is 2.60. The molecular formula is C13H19N3O4S. The highest BCUT2D eigenvalue weighted by molar-refractivity contribution is 7.88. The van der Waals surface area contributed by atoms with E-state index in [0.717, 1.165) is 12.7 Å². The second kappa shape index (κ2) is 5.98. The van der Waals surface area contributed by atoms with Crippen LogP contribution in [0.1, 0.15) is 23.2 Å². The summed E-state index contributed by atoms with van der Waals surface area (Å²) in [5, 5.41) is 2.79. The van der Waals surface area contributed by atoms with E-state index in [4.69, 9.17) is 0 Å². The molecule has 0 aliphatic carbocycles. The number of hydrogen-bond donors (Lipinski definition) is 1. The minimum Gasteiger partial charge on any atom is -0.348 e. The molecule has 1 aliphatic heterocycles. The Morgan fingerprint density at radius 2 is 2.14 bits per heavy atom. The van der Waals surface area contributed by atoms with Crippen LogP contribution in [0.25, 0.3) is 0 Å². The molecule has 0 saturated carbocycles. The van der Waals surface area contributed by atoms with Crippen LogP contribution in [0.3, 0.4) is 0 Å². The van der Waals surface area contributed by atoms with Gasteiger partial charge in [-0.1, -0.05) is 0 Å². The first-order valence-corrected chi connectivity index (χ1v) is 8.55. The molecule has 1 N–H and O–H groups in total.